The number of aryl methyl sites for hydroxylation is 1. The number of benzene rings is 2. The Kier molecular flexibility index (Phi) is 6.64. The summed E-state index contributed by atoms with van der Waals surface area (Å²) in [6, 6.07) is 13.2. The molecule has 1 aliphatic rings. The molecular formula is C22H27ClN6O. The summed E-state index contributed by atoms with van der Waals surface area (Å²) < 4.78 is 0. The van der Waals surface area contributed by atoms with E-state index in [1.54, 1.807) is 13.1 Å². The van der Waals surface area contributed by atoms with E-state index in [1.807, 2.05) is 48.2 Å². The Balaban J connectivity index is 1.76. The zero-order valence-electron chi connectivity index (χ0n) is 17.4. The van der Waals surface area contributed by atoms with Crippen LogP contribution in [0.5, 0.6) is 0 Å². The molecule has 0 saturated heterocycles. The van der Waals surface area contributed by atoms with E-state index in [2.05, 4.69) is 17.3 Å². The highest BCUT2D eigenvalue weighted by Gasteiger charge is 2.20. The monoisotopic (exact) mass is 426 g/mol. The molecule has 30 heavy (non-hydrogen) atoms. The number of hydrazine groups is 1. The van der Waals surface area contributed by atoms with Gasteiger partial charge >= 0.3 is 0 Å². The van der Waals surface area contributed by atoms with Crippen molar-refractivity contribution in [2.24, 2.45) is 16.7 Å². The quantitative estimate of drug-likeness (QED) is 0.301. The number of guanidine groups is 1. The first kappa shape index (κ1) is 21.7. The third-order valence-corrected chi connectivity index (χ3v) is 5.46. The first-order chi connectivity index (χ1) is 14.3. The molecule has 1 amide bonds. The molecule has 0 saturated carbocycles. The number of rotatable bonds is 4. The number of amides is 1. The van der Waals surface area contributed by atoms with Crippen LogP contribution < -0.4 is 16.9 Å². The zero-order chi connectivity index (χ0) is 21.8. The summed E-state index contributed by atoms with van der Waals surface area (Å²) in [5.41, 5.74) is 11.7. The summed E-state index contributed by atoms with van der Waals surface area (Å²) in [5.74, 6) is 5.74. The molecule has 0 bridgehead atoms. The molecule has 0 spiro atoms. The minimum absolute atomic E-state index is 0.222. The number of hydrogen-bond donors (Lipinski definition) is 3. The Morgan fingerprint density at radius 3 is 2.53 bits per heavy atom. The lowest BCUT2D eigenvalue weighted by Gasteiger charge is -2.31. The highest BCUT2D eigenvalue weighted by Crippen LogP contribution is 2.28. The number of nitrogens with two attached hydrogens (primary N) is 2. The maximum Gasteiger partial charge on any atom is 0.257 e. The van der Waals surface area contributed by atoms with Crippen molar-refractivity contribution in [2.75, 3.05) is 25.5 Å². The molecular weight excluding hydrogens is 400 g/mol. The van der Waals surface area contributed by atoms with Crippen molar-refractivity contribution in [1.29, 1.82) is 0 Å². The number of hydrazone groups is 1. The van der Waals surface area contributed by atoms with Gasteiger partial charge in [-0.1, -0.05) is 41.4 Å². The number of carbonyl (C=O) groups is 1. The van der Waals surface area contributed by atoms with Gasteiger partial charge in [-0.3, -0.25) is 4.79 Å². The van der Waals surface area contributed by atoms with Crippen molar-refractivity contribution in [2.45, 2.75) is 20.3 Å². The Morgan fingerprint density at radius 1 is 1.20 bits per heavy atom. The second kappa shape index (κ2) is 9.19. The maximum absolute atomic E-state index is 12.6. The van der Waals surface area contributed by atoms with Crippen LogP contribution in [0.3, 0.4) is 0 Å². The lowest BCUT2D eigenvalue weighted by Crippen LogP contribution is -2.43. The average molecular weight is 427 g/mol. The predicted octanol–water partition coefficient (Wildman–Crippen LogP) is 3.42. The van der Waals surface area contributed by atoms with E-state index in [0.717, 1.165) is 24.1 Å². The van der Waals surface area contributed by atoms with Gasteiger partial charge < -0.3 is 16.0 Å². The van der Waals surface area contributed by atoms with Crippen molar-refractivity contribution < 1.29 is 4.79 Å². The summed E-state index contributed by atoms with van der Waals surface area (Å²) in [7, 11) is 1.63. The average Bonchev–Trinajstić information content (AvgIpc) is 2.68. The van der Waals surface area contributed by atoms with E-state index in [9.17, 15) is 4.79 Å². The largest absolute Gasteiger partial charge is 0.368 e. The van der Waals surface area contributed by atoms with Crippen LogP contribution in [0.15, 0.2) is 53.1 Å². The fraction of sp³-hybridized carbons (Fsp3) is 0.273. The smallest absolute Gasteiger partial charge is 0.257 e. The van der Waals surface area contributed by atoms with Crippen LogP contribution in [0.2, 0.25) is 5.02 Å². The summed E-state index contributed by atoms with van der Waals surface area (Å²) in [6.45, 7) is 5.44. The van der Waals surface area contributed by atoms with Crippen molar-refractivity contribution in [3.8, 4) is 0 Å². The van der Waals surface area contributed by atoms with Crippen LogP contribution in [-0.4, -0.2) is 42.0 Å². The number of halogens is 1. The normalized spacial score (nSPS) is 14.7. The van der Waals surface area contributed by atoms with Crippen molar-refractivity contribution in [1.82, 2.24) is 10.0 Å². The first-order valence-electron chi connectivity index (χ1n) is 9.69. The van der Waals surface area contributed by atoms with Gasteiger partial charge in [-0.05, 0) is 55.2 Å². The highest BCUT2D eigenvalue weighted by atomic mass is 35.5. The molecule has 2 aromatic rings. The topological polar surface area (TPSA) is 100.0 Å². The SMILES string of the molecule is CC1=C(c2ccc(NC(=O)c3c(C)cccc3Cl)cc2)CN(/C(N)=N/N(C)N)CC1. The highest BCUT2D eigenvalue weighted by molar-refractivity contribution is 6.34. The Hall–Kier alpha value is -3.03. The van der Waals surface area contributed by atoms with Gasteiger partial charge in [0.15, 0.2) is 0 Å². The second-order valence-electron chi connectivity index (χ2n) is 7.43. The molecule has 8 heteroatoms. The predicted molar refractivity (Wildman–Crippen MR) is 123 cm³/mol. The first-order valence-corrected chi connectivity index (χ1v) is 10.1. The third-order valence-electron chi connectivity index (χ3n) is 5.15. The van der Waals surface area contributed by atoms with E-state index in [0.29, 0.717) is 28.8 Å². The Morgan fingerprint density at radius 2 is 1.90 bits per heavy atom. The van der Waals surface area contributed by atoms with Crippen molar-refractivity contribution >= 4 is 34.7 Å². The van der Waals surface area contributed by atoms with Crippen LogP contribution in [0.1, 0.15) is 34.8 Å². The summed E-state index contributed by atoms with van der Waals surface area (Å²) >= 11 is 6.20. The van der Waals surface area contributed by atoms with Crippen LogP contribution in [0, 0.1) is 6.92 Å². The van der Waals surface area contributed by atoms with Gasteiger partial charge in [-0.15, -0.1) is 5.10 Å². The zero-order valence-corrected chi connectivity index (χ0v) is 18.2. The van der Waals surface area contributed by atoms with E-state index in [-0.39, 0.29) is 5.91 Å². The van der Waals surface area contributed by atoms with Gasteiger partial charge in [-0.2, -0.15) is 0 Å². The van der Waals surface area contributed by atoms with Crippen LogP contribution in [-0.2, 0) is 0 Å². The van der Waals surface area contributed by atoms with Crippen LogP contribution >= 0.6 is 11.6 Å². The molecule has 0 fully saturated rings. The lowest BCUT2D eigenvalue weighted by atomic mass is 9.95. The second-order valence-corrected chi connectivity index (χ2v) is 7.83. The van der Waals surface area contributed by atoms with Crippen LogP contribution in [0.4, 0.5) is 5.69 Å². The molecule has 1 heterocycles. The van der Waals surface area contributed by atoms with E-state index < -0.39 is 0 Å². The number of anilines is 1. The standard InChI is InChI=1S/C22H27ClN6O/c1-14-11-12-29(22(24)27-28(3)25)13-18(14)16-7-9-17(10-8-16)26-21(30)20-15(2)5-4-6-19(20)23/h4-10H,11-13,25H2,1-3H3,(H2,24,27)(H,26,30). The molecule has 0 aliphatic carbocycles. The third kappa shape index (κ3) is 4.93. The fourth-order valence-electron chi connectivity index (χ4n) is 3.48. The summed E-state index contributed by atoms with van der Waals surface area (Å²) in [6.07, 6.45) is 0.893. The summed E-state index contributed by atoms with van der Waals surface area (Å²) in [5, 5.41) is 8.66. The van der Waals surface area contributed by atoms with Gasteiger partial charge in [0.25, 0.3) is 5.91 Å². The fourth-order valence-corrected chi connectivity index (χ4v) is 3.79. The number of hydrogen-bond acceptors (Lipinski definition) is 4. The molecule has 5 N–H and O–H groups in total. The van der Waals surface area contributed by atoms with Crippen molar-refractivity contribution in [3.63, 3.8) is 0 Å². The number of carbonyl (C=O) groups excluding carboxylic acids is 1. The molecule has 0 radical (unpaired) electrons. The van der Waals surface area contributed by atoms with Gasteiger partial charge in [0.1, 0.15) is 0 Å². The maximum atomic E-state index is 12.6. The molecule has 158 valence electrons. The van der Waals surface area contributed by atoms with E-state index in [1.165, 1.54) is 16.3 Å². The van der Waals surface area contributed by atoms with Crippen molar-refractivity contribution in [3.05, 3.63) is 69.8 Å². The van der Waals surface area contributed by atoms with E-state index in [4.69, 9.17) is 23.2 Å². The number of nitrogens with one attached hydrogen (secondary N) is 1. The van der Waals surface area contributed by atoms with Gasteiger partial charge in [0.2, 0.25) is 5.96 Å². The number of nitrogens with zero attached hydrogens (tertiary/aromatic N) is 3. The molecule has 3 rings (SSSR count). The molecule has 1 aliphatic heterocycles. The van der Waals surface area contributed by atoms with Gasteiger partial charge in [-0.25, -0.2) is 11.0 Å². The summed E-state index contributed by atoms with van der Waals surface area (Å²) in [4.78, 5) is 14.6. The molecule has 0 unspecified atom stereocenters. The van der Waals surface area contributed by atoms with Crippen LogP contribution in [0.25, 0.3) is 5.57 Å². The molecule has 7 nitrogen and oxygen atoms in total. The van der Waals surface area contributed by atoms with E-state index >= 15 is 0 Å². The lowest BCUT2D eigenvalue weighted by molar-refractivity contribution is 0.102. The Bertz CT molecular complexity index is 977. The molecule has 0 aromatic heterocycles. The molecule has 0 atom stereocenters. The van der Waals surface area contributed by atoms with Gasteiger partial charge in [0, 0.05) is 25.8 Å². The molecule has 2 aromatic carbocycles. The minimum atomic E-state index is -0.222. The Labute approximate surface area is 181 Å². The minimum Gasteiger partial charge on any atom is -0.368 e. The van der Waals surface area contributed by atoms with Gasteiger partial charge in [0.05, 0.1) is 10.6 Å².